The average molecular weight is 333 g/mol. The first-order chi connectivity index (χ1) is 8.52. The molecule has 1 N–H and O–H groups in total. The lowest BCUT2D eigenvalue weighted by Crippen LogP contribution is -2.21. The fraction of sp³-hybridized carbons (Fsp3) is 0.250. The average Bonchev–Trinajstić information content (AvgIpc) is 2.61. The Hall–Kier alpha value is -0.910. The van der Waals surface area contributed by atoms with Crippen molar-refractivity contribution in [1.29, 1.82) is 0 Å². The van der Waals surface area contributed by atoms with Crippen LogP contribution < -0.4 is 5.32 Å². The molecule has 1 aromatic heterocycles. The lowest BCUT2D eigenvalue weighted by atomic mass is 10.0. The number of aromatic nitrogens is 2. The van der Waals surface area contributed by atoms with Crippen LogP contribution in [0.15, 0.2) is 28.9 Å². The van der Waals surface area contributed by atoms with E-state index < -0.39 is 0 Å². The van der Waals surface area contributed by atoms with Crippen LogP contribution in [0.1, 0.15) is 17.3 Å². The first kappa shape index (κ1) is 13.5. The number of rotatable bonds is 3. The molecule has 1 aromatic carbocycles. The summed E-state index contributed by atoms with van der Waals surface area (Å²) in [6, 6.07) is 4.54. The highest BCUT2D eigenvalue weighted by atomic mass is 79.9. The van der Waals surface area contributed by atoms with E-state index in [-0.39, 0.29) is 11.9 Å². The Morgan fingerprint density at radius 3 is 2.67 bits per heavy atom. The standard InChI is InChI=1S/C12H12BrClFN3/c1-16-11(12-10(14)6-17-18(12)2)7-3-8(13)5-9(15)4-7/h3-6,11,16H,1-2H3. The summed E-state index contributed by atoms with van der Waals surface area (Å²) in [7, 11) is 3.60. The fourth-order valence-electron chi connectivity index (χ4n) is 1.95. The summed E-state index contributed by atoms with van der Waals surface area (Å²) in [5.74, 6) is -0.294. The van der Waals surface area contributed by atoms with Crippen molar-refractivity contribution in [2.24, 2.45) is 7.05 Å². The normalized spacial score (nSPS) is 12.7. The summed E-state index contributed by atoms with van der Waals surface area (Å²) in [6.07, 6.45) is 1.58. The second-order valence-corrected chi connectivity index (χ2v) is 5.25. The lowest BCUT2D eigenvalue weighted by Gasteiger charge is -2.18. The fourth-order valence-corrected chi connectivity index (χ4v) is 2.71. The molecule has 2 aromatic rings. The van der Waals surface area contributed by atoms with Gasteiger partial charge in [-0.3, -0.25) is 4.68 Å². The highest BCUT2D eigenvalue weighted by molar-refractivity contribution is 9.10. The number of hydrogen-bond donors (Lipinski definition) is 1. The van der Waals surface area contributed by atoms with Crippen molar-refractivity contribution in [3.8, 4) is 0 Å². The van der Waals surface area contributed by atoms with Crippen LogP contribution in [0.4, 0.5) is 4.39 Å². The van der Waals surface area contributed by atoms with E-state index in [1.165, 1.54) is 12.1 Å². The van der Waals surface area contributed by atoms with Crippen molar-refractivity contribution in [3.05, 3.63) is 51.0 Å². The highest BCUT2D eigenvalue weighted by Crippen LogP contribution is 2.29. The van der Waals surface area contributed by atoms with E-state index in [1.807, 2.05) is 6.07 Å². The smallest absolute Gasteiger partial charge is 0.124 e. The van der Waals surface area contributed by atoms with E-state index in [4.69, 9.17) is 11.6 Å². The molecule has 0 aliphatic rings. The van der Waals surface area contributed by atoms with Crippen LogP contribution in [0.5, 0.6) is 0 Å². The second-order valence-electron chi connectivity index (χ2n) is 3.93. The molecule has 0 spiro atoms. The van der Waals surface area contributed by atoms with Crippen LogP contribution in [-0.2, 0) is 7.05 Å². The Morgan fingerprint density at radius 2 is 2.17 bits per heavy atom. The first-order valence-corrected chi connectivity index (χ1v) is 6.50. The minimum atomic E-state index is -0.294. The van der Waals surface area contributed by atoms with Crippen LogP contribution in [0.2, 0.25) is 5.02 Å². The Bertz CT molecular complexity index is 531. The van der Waals surface area contributed by atoms with Gasteiger partial charge >= 0.3 is 0 Å². The van der Waals surface area contributed by atoms with Crippen LogP contribution in [0, 0.1) is 5.82 Å². The third-order valence-corrected chi connectivity index (χ3v) is 3.47. The summed E-state index contributed by atoms with van der Waals surface area (Å²) in [6.45, 7) is 0. The monoisotopic (exact) mass is 331 g/mol. The number of halogens is 3. The van der Waals surface area contributed by atoms with Crippen molar-refractivity contribution in [2.75, 3.05) is 7.05 Å². The molecule has 0 radical (unpaired) electrons. The summed E-state index contributed by atoms with van der Waals surface area (Å²) in [5, 5.41) is 7.77. The zero-order chi connectivity index (χ0) is 13.3. The van der Waals surface area contributed by atoms with Gasteiger partial charge in [-0.1, -0.05) is 27.5 Å². The molecule has 1 heterocycles. The van der Waals surface area contributed by atoms with Crippen LogP contribution >= 0.6 is 27.5 Å². The van der Waals surface area contributed by atoms with E-state index in [2.05, 4.69) is 26.3 Å². The van der Waals surface area contributed by atoms with Gasteiger partial charge in [0.2, 0.25) is 0 Å². The van der Waals surface area contributed by atoms with Gasteiger partial charge in [-0.15, -0.1) is 0 Å². The van der Waals surface area contributed by atoms with E-state index in [9.17, 15) is 4.39 Å². The van der Waals surface area contributed by atoms with E-state index in [0.29, 0.717) is 9.50 Å². The molecule has 1 atom stereocenters. The zero-order valence-electron chi connectivity index (χ0n) is 9.92. The largest absolute Gasteiger partial charge is 0.308 e. The second kappa shape index (κ2) is 5.38. The highest BCUT2D eigenvalue weighted by Gasteiger charge is 2.20. The van der Waals surface area contributed by atoms with E-state index in [1.54, 1.807) is 25.0 Å². The van der Waals surface area contributed by atoms with Gasteiger partial charge in [-0.25, -0.2) is 4.39 Å². The molecule has 6 heteroatoms. The third-order valence-electron chi connectivity index (χ3n) is 2.72. The van der Waals surface area contributed by atoms with Crippen molar-refractivity contribution in [1.82, 2.24) is 15.1 Å². The number of hydrogen-bond acceptors (Lipinski definition) is 2. The molecular formula is C12H12BrClFN3. The van der Waals surface area contributed by atoms with Gasteiger partial charge in [0.15, 0.2) is 0 Å². The topological polar surface area (TPSA) is 29.9 Å². The van der Waals surface area contributed by atoms with Gasteiger partial charge < -0.3 is 5.32 Å². The molecule has 0 saturated carbocycles. The predicted octanol–water partition coefficient (Wildman–Crippen LogP) is 3.28. The maximum atomic E-state index is 13.5. The van der Waals surface area contributed by atoms with Crippen molar-refractivity contribution < 1.29 is 4.39 Å². The number of aryl methyl sites for hydroxylation is 1. The maximum Gasteiger partial charge on any atom is 0.124 e. The number of nitrogens with zero attached hydrogens (tertiary/aromatic N) is 2. The van der Waals surface area contributed by atoms with Gasteiger partial charge in [0, 0.05) is 11.5 Å². The van der Waals surface area contributed by atoms with Crippen LogP contribution in [-0.4, -0.2) is 16.8 Å². The Labute approximate surface area is 118 Å². The molecule has 1 unspecified atom stereocenters. The Morgan fingerprint density at radius 1 is 1.44 bits per heavy atom. The molecule has 0 aliphatic heterocycles. The number of benzene rings is 1. The van der Waals surface area contributed by atoms with E-state index >= 15 is 0 Å². The van der Waals surface area contributed by atoms with Gasteiger partial charge in [-0.2, -0.15) is 5.10 Å². The zero-order valence-corrected chi connectivity index (χ0v) is 12.3. The summed E-state index contributed by atoms with van der Waals surface area (Å²) < 4.78 is 15.8. The van der Waals surface area contributed by atoms with Crippen LogP contribution in [0.3, 0.4) is 0 Å². The Balaban J connectivity index is 2.52. The molecule has 0 fully saturated rings. The number of nitrogens with one attached hydrogen (secondary N) is 1. The lowest BCUT2D eigenvalue weighted by molar-refractivity contribution is 0.591. The summed E-state index contributed by atoms with van der Waals surface area (Å²) in [4.78, 5) is 0. The Kier molecular flexibility index (Phi) is 4.04. The van der Waals surface area contributed by atoms with Gasteiger partial charge in [0.25, 0.3) is 0 Å². The molecule has 0 aliphatic carbocycles. The molecule has 0 bridgehead atoms. The summed E-state index contributed by atoms with van der Waals surface area (Å²) >= 11 is 9.41. The van der Waals surface area contributed by atoms with Crippen molar-refractivity contribution >= 4 is 27.5 Å². The minimum Gasteiger partial charge on any atom is -0.308 e. The maximum absolute atomic E-state index is 13.5. The quantitative estimate of drug-likeness (QED) is 0.935. The van der Waals surface area contributed by atoms with Crippen LogP contribution in [0.25, 0.3) is 0 Å². The molecular weight excluding hydrogens is 321 g/mol. The summed E-state index contributed by atoms with van der Waals surface area (Å²) in [5.41, 5.74) is 1.59. The van der Waals surface area contributed by atoms with Gasteiger partial charge in [0.1, 0.15) is 5.82 Å². The van der Waals surface area contributed by atoms with Gasteiger partial charge in [0.05, 0.1) is 23.0 Å². The molecule has 18 heavy (non-hydrogen) atoms. The molecule has 2 rings (SSSR count). The van der Waals surface area contributed by atoms with Crippen molar-refractivity contribution in [3.63, 3.8) is 0 Å². The first-order valence-electron chi connectivity index (χ1n) is 5.33. The SMILES string of the molecule is CNC(c1cc(F)cc(Br)c1)c1c(Cl)cnn1C. The minimum absolute atomic E-state index is 0.211. The molecule has 96 valence electrons. The predicted molar refractivity (Wildman–Crippen MR) is 73.2 cm³/mol. The molecule has 0 saturated heterocycles. The van der Waals surface area contributed by atoms with Crippen molar-refractivity contribution in [2.45, 2.75) is 6.04 Å². The van der Waals surface area contributed by atoms with Gasteiger partial charge in [-0.05, 0) is 30.8 Å². The molecule has 0 amide bonds. The van der Waals surface area contributed by atoms with E-state index in [0.717, 1.165) is 11.3 Å². The molecule has 3 nitrogen and oxygen atoms in total. The third kappa shape index (κ3) is 2.58.